The molecule has 160 valence electrons. The van der Waals surface area contributed by atoms with Gasteiger partial charge >= 0.3 is 6.09 Å². The summed E-state index contributed by atoms with van der Waals surface area (Å²) in [6.07, 6.45) is -1.49. The number of phenols is 1. The maximum atomic E-state index is 12.6. The molecule has 1 atom stereocenters. The summed E-state index contributed by atoms with van der Waals surface area (Å²) in [6.45, 7) is 7.17. The molecule has 9 heteroatoms. The number of ether oxygens (including phenoxy) is 1. The summed E-state index contributed by atoms with van der Waals surface area (Å²) in [5, 5.41) is 22.0. The Morgan fingerprint density at radius 2 is 1.87 bits per heavy atom. The molecule has 1 aromatic heterocycles. The number of aromatic hydroxyl groups is 1. The van der Waals surface area contributed by atoms with Gasteiger partial charge in [-0.3, -0.25) is 14.9 Å². The molecule has 0 fully saturated rings. The van der Waals surface area contributed by atoms with Crippen molar-refractivity contribution in [3.05, 3.63) is 70.3 Å². The number of aryl methyl sites for hydroxylation is 1. The Morgan fingerprint density at radius 1 is 1.16 bits per heavy atom. The van der Waals surface area contributed by atoms with Crippen LogP contribution in [0.2, 0.25) is 5.02 Å². The molecule has 0 saturated carbocycles. The predicted octanol–water partition coefficient (Wildman–Crippen LogP) is 4.31. The first-order valence-corrected chi connectivity index (χ1v) is 10.1. The molecule has 2 heterocycles. The molecule has 1 amide bonds. The van der Waals surface area contributed by atoms with Crippen LogP contribution in [0.15, 0.2) is 47.5 Å². The van der Waals surface area contributed by atoms with Gasteiger partial charge in [-0.05, 0) is 58.0 Å². The topological polar surface area (TPSA) is 102 Å². The van der Waals surface area contributed by atoms with E-state index < -0.39 is 17.9 Å². The van der Waals surface area contributed by atoms with Gasteiger partial charge in [-0.15, -0.1) is 10.2 Å². The van der Waals surface area contributed by atoms with Crippen LogP contribution in [0, 0.1) is 6.92 Å². The molecule has 2 N–H and O–H groups in total. The molecule has 8 nitrogen and oxygen atoms in total. The van der Waals surface area contributed by atoms with Crippen molar-refractivity contribution < 1.29 is 14.6 Å². The SMILES string of the molecule is Cc1nnc2n1-c1ccc(O)cc1C(c1ccc(Cl)cc1)=NC2NC(=O)OC(C)(C)C. The smallest absolute Gasteiger partial charge is 0.409 e. The van der Waals surface area contributed by atoms with Crippen molar-refractivity contribution >= 4 is 23.4 Å². The molecule has 1 aliphatic rings. The number of rotatable bonds is 2. The number of aliphatic imine (C=N–C) groups is 1. The zero-order valence-corrected chi connectivity index (χ0v) is 18.3. The second-order valence-corrected chi connectivity index (χ2v) is 8.61. The highest BCUT2D eigenvalue weighted by Gasteiger charge is 2.30. The van der Waals surface area contributed by atoms with Crippen LogP contribution in [0.1, 0.15) is 49.7 Å². The zero-order valence-electron chi connectivity index (χ0n) is 17.5. The van der Waals surface area contributed by atoms with E-state index in [0.29, 0.717) is 27.9 Å². The van der Waals surface area contributed by atoms with Gasteiger partial charge in [0.05, 0.1) is 11.4 Å². The molecule has 4 rings (SSSR count). The van der Waals surface area contributed by atoms with Crippen molar-refractivity contribution in [2.75, 3.05) is 0 Å². The Labute approximate surface area is 184 Å². The number of carbonyl (C=O) groups is 1. The monoisotopic (exact) mass is 439 g/mol. The number of nitrogens with one attached hydrogen (secondary N) is 1. The van der Waals surface area contributed by atoms with E-state index in [1.165, 1.54) is 0 Å². The number of amides is 1. The highest BCUT2D eigenvalue weighted by molar-refractivity contribution is 6.30. The summed E-state index contributed by atoms with van der Waals surface area (Å²) < 4.78 is 7.23. The van der Waals surface area contributed by atoms with Crippen LogP contribution in [-0.2, 0) is 4.74 Å². The van der Waals surface area contributed by atoms with E-state index in [1.807, 2.05) is 23.6 Å². The molecule has 0 spiro atoms. The van der Waals surface area contributed by atoms with Crippen molar-refractivity contribution in [1.29, 1.82) is 0 Å². The third kappa shape index (κ3) is 4.25. The second kappa shape index (κ2) is 7.70. The first-order chi connectivity index (χ1) is 14.6. The molecule has 31 heavy (non-hydrogen) atoms. The van der Waals surface area contributed by atoms with Gasteiger partial charge in [0.25, 0.3) is 0 Å². The van der Waals surface area contributed by atoms with E-state index in [0.717, 1.165) is 11.3 Å². The average molecular weight is 440 g/mol. The number of hydrogen-bond donors (Lipinski definition) is 2. The van der Waals surface area contributed by atoms with Gasteiger partial charge in [0, 0.05) is 16.1 Å². The number of phenolic OH excluding ortho intramolecular Hbond substituents is 1. The van der Waals surface area contributed by atoms with E-state index in [-0.39, 0.29) is 5.75 Å². The minimum absolute atomic E-state index is 0.0891. The molecular weight excluding hydrogens is 418 g/mol. The van der Waals surface area contributed by atoms with Gasteiger partial charge in [0.15, 0.2) is 12.0 Å². The third-order valence-electron chi connectivity index (χ3n) is 4.60. The zero-order chi connectivity index (χ0) is 22.3. The fourth-order valence-corrected chi connectivity index (χ4v) is 3.50. The van der Waals surface area contributed by atoms with E-state index in [1.54, 1.807) is 51.1 Å². The third-order valence-corrected chi connectivity index (χ3v) is 4.85. The summed E-state index contributed by atoms with van der Waals surface area (Å²) in [5.74, 6) is 1.14. The fourth-order valence-electron chi connectivity index (χ4n) is 3.37. The first-order valence-electron chi connectivity index (χ1n) is 9.71. The minimum atomic E-state index is -0.865. The molecule has 0 radical (unpaired) electrons. The number of alkyl carbamates (subject to hydrolysis) is 1. The Hall–Kier alpha value is -3.39. The normalized spacial score (nSPS) is 15.4. The van der Waals surface area contributed by atoms with E-state index >= 15 is 0 Å². The lowest BCUT2D eigenvalue weighted by atomic mass is 10.00. The van der Waals surface area contributed by atoms with Crippen LogP contribution >= 0.6 is 11.6 Å². The summed E-state index contributed by atoms with van der Waals surface area (Å²) in [4.78, 5) is 17.4. The Bertz CT molecular complexity index is 1180. The quantitative estimate of drug-likeness (QED) is 0.619. The van der Waals surface area contributed by atoms with Gasteiger partial charge < -0.3 is 9.84 Å². The average Bonchev–Trinajstić information content (AvgIpc) is 3.00. The van der Waals surface area contributed by atoms with Gasteiger partial charge in [0.2, 0.25) is 0 Å². The number of carbonyl (C=O) groups excluding carboxylic acids is 1. The van der Waals surface area contributed by atoms with Crippen molar-refractivity contribution in [2.45, 2.75) is 39.5 Å². The molecule has 1 unspecified atom stereocenters. The second-order valence-electron chi connectivity index (χ2n) is 8.18. The standard InChI is InChI=1S/C22H22ClN5O3/c1-12-26-27-20-19(25-21(30)31-22(2,3)4)24-18(13-5-7-14(23)8-6-13)16-11-15(29)9-10-17(16)28(12)20/h5-11,19,29H,1-4H3,(H,25,30). The van der Waals surface area contributed by atoms with Gasteiger partial charge in [-0.1, -0.05) is 23.7 Å². The summed E-state index contributed by atoms with van der Waals surface area (Å²) in [5.41, 5.74) is 2.06. The molecular formula is C22H22ClN5O3. The molecule has 0 aliphatic carbocycles. The van der Waals surface area contributed by atoms with Crippen LogP contribution in [0.3, 0.4) is 0 Å². The van der Waals surface area contributed by atoms with Crippen molar-refractivity contribution in [3.63, 3.8) is 0 Å². The van der Waals surface area contributed by atoms with Gasteiger partial charge in [-0.2, -0.15) is 0 Å². The fraction of sp³-hybridized carbons (Fsp3) is 0.273. The molecule has 3 aromatic rings. The minimum Gasteiger partial charge on any atom is -0.508 e. The predicted molar refractivity (Wildman–Crippen MR) is 117 cm³/mol. The number of benzene rings is 2. The lowest BCUT2D eigenvalue weighted by molar-refractivity contribution is 0.0503. The first kappa shape index (κ1) is 20.9. The lowest BCUT2D eigenvalue weighted by Gasteiger charge is -2.21. The van der Waals surface area contributed by atoms with Crippen LogP contribution in [-0.4, -0.2) is 37.3 Å². The maximum Gasteiger partial charge on any atom is 0.409 e. The van der Waals surface area contributed by atoms with Crippen LogP contribution in [0.4, 0.5) is 4.79 Å². The number of aromatic nitrogens is 3. The summed E-state index contributed by atoms with van der Waals surface area (Å²) in [6, 6.07) is 12.2. The Morgan fingerprint density at radius 3 is 2.55 bits per heavy atom. The highest BCUT2D eigenvalue weighted by Crippen LogP contribution is 2.32. The van der Waals surface area contributed by atoms with Gasteiger partial charge in [0.1, 0.15) is 17.2 Å². The Balaban J connectivity index is 1.90. The highest BCUT2D eigenvalue weighted by atomic mass is 35.5. The number of hydrogen-bond acceptors (Lipinski definition) is 6. The van der Waals surface area contributed by atoms with E-state index in [4.69, 9.17) is 21.3 Å². The van der Waals surface area contributed by atoms with Crippen LogP contribution < -0.4 is 5.32 Å². The van der Waals surface area contributed by atoms with Crippen LogP contribution in [0.5, 0.6) is 5.75 Å². The lowest BCUT2D eigenvalue weighted by Crippen LogP contribution is -2.35. The molecule has 2 aromatic carbocycles. The largest absolute Gasteiger partial charge is 0.508 e. The van der Waals surface area contributed by atoms with E-state index in [2.05, 4.69) is 15.5 Å². The molecule has 1 aliphatic heterocycles. The van der Waals surface area contributed by atoms with Crippen molar-refractivity contribution in [2.24, 2.45) is 4.99 Å². The Kier molecular flexibility index (Phi) is 5.18. The van der Waals surface area contributed by atoms with Crippen LogP contribution in [0.25, 0.3) is 5.69 Å². The maximum absolute atomic E-state index is 12.6. The number of fused-ring (bicyclic) bond motifs is 3. The molecule has 0 saturated heterocycles. The van der Waals surface area contributed by atoms with E-state index in [9.17, 15) is 9.90 Å². The van der Waals surface area contributed by atoms with Crippen molar-refractivity contribution in [3.8, 4) is 11.4 Å². The number of nitrogens with zero attached hydrogens (tertiary/aromatic N) is 4. The molecule has 0 bridgehead atoms. The number of halogens is 1. The van der Waals surface area contributed by atoms with Gasteiger partial charge in [-0.25, -0.2) is 4.79 Å². The summed E-state index contributed by atoms with van der Waals surface area (Å²) in [7, 11) is 0. The summed E-state index contributed by atoms with van der Waals surface area (Å²) >= 11 is 6.07. The van der Waals surface area contributed by atoms with Crippen molar-refractivity contribution in [1.82, 2.24) is 20.1 Å².